The van der Waals surface area contributed by atoms with E-state index in [-0.39, 0.29) is 17.6 Å². The Kier molecular flexibility index (Phi) is 5.03. The zero-order valence-electron chi connectivity index (χ0n) is 16.7. The van der Waals surface area contributed by atoms with Crippen molar-refractivity contribution in [1.29, 1.82) is 0 Å². The number of nitrogens with zero attached hydrogens (tertiary/aromatic N) is 7. The van der Waals surface area contributed by atoms with Crippen molar-refractivity contribution >= 4 is 17.4 Å². The molecule has 1 fully saturated rings. The first-order chi connectivity index (χ1) is 15.2. The van der Waals surface area contributed by atoms with Crippen LogP contribution in [0.1, 0.15) is 18.4 Å². The van der Waals surface area contributed by atoms with Crippen molar-refractivity contribution < 1.29 is 9.18 Å². The molecule has 0 radical (unpaired) electrons. The Morgan fingerprint density at radius 2 is 2.03 bits per heavy atom. The van der Waals surface area contributed by atoms with Gasteiger partial charge in [0.25, 0.3) is 0 Å². The molecular formula is C21H21FN8O. The van der Waals surface area contributed by atoms with Gasteiger partial charge in [-0.05, 0) is 42.7 Å². The van der Waals surface area contributed by atoms with E-state index >= 15 is 0 Å². The SMILES string of the molecule is O=C(NCc1ccc(-n2ccnc2)c(F)c1)C1CCN(c2ccc3nncn3n2)CC1. The van der Waals surface area contributed by atoms with Crippen LogP contribution in [-0.4, -0.2) is 48.4 Å². The molecule has 0 saturated carbocycles. The van der Waals surface area contributed by atoms with E-state index in [1.165, 1.54) is 6.07 Å². The van der Waals surface area contributed by atoms with Crippen molar-refractivity contribution in [2.24, 2.45) is 5.92 Å². The molecule has 1 aliphatic heterocycles. The summed E-state index contributed by atoms with van der Waals surface area (Å²) in [7, 11) is 0. The van der Waals surface area contributed by atoms with Crippen LogP contribution >= 0.6 is 0 Å². The molecule has 31 heavy (non-hydrogen) atoms. The van der Waals surface area contributed by atoms with Gasteiger partial charge >= 0.3 is 0 Å². The van der Waals surface area contributed by atoms with Crippen LogP contribution in [0.2, 0.25) is 0 Å². The maximum absolute atomic E-state index is 14.4. The van der Waals surface area contributed by atoms with Gasteiger partial charge in [-0.3, -0.25) is 4.79 Å². The third-order valence-corrected chi connectivity index (χ3v) is 5.60. The molecule has 0 atom stereocenters. The van der Waals surface area contributed by atoms with Crippen molar-refractivity contribution in [2.45, 2.75) is 19.4 Å². The van der Waals surface area contributed by atoms with E-state index in [0.29, 0.717) is 17.9 Å². The van der Waals surface area contributed by atoms with Gasteiger partial charge < -0.3 is 14.8 Å². The number of halogens is 1. The number of fused-ring (bicyclic) bond motifs is 1. The number of hydrogen-bond acceptors (Lipinski definition) is 6. The molecule has 158 valence electrons. The van der Waals surface area contributed by atoms with Gasteiger partial charge in [-0.2, -0.15) is 4.52 Å². The van der Waals surface area contributed by atoms with Crippen LogP contribution in [0.25, 0.3) is 11.3 Å². The summed E-state index contributed by atoms with van der Waals surface area (Å²) in [6.45, 7) is 1.78. The number of anilines is 1. The van der Waals surface area contributed by atoms with Crippen LogP contribution in [0.15, 0.2) is 55.4 Å². The minimum Gasteiger partial charge on any atom is -0.355 e. The predicted molar refractivity (Wildman–Crippen MR) is 111 cm³/mol. The maximum atomic E-state index is 14.4. The third-order valence-electron chi connectivity index (χ3n) is 5.60. The van der Waals surface area contributed by atoms with Gasteiger partial charge in [-0.15, -0.1) is 15.3 Å². The van der Waals surface area contributed by atoms with Gasteiger partial charge in [0.15, 0.2) is 5.65 Å². The van der Waals surface area contributed by atoms with Crippen molar-refractivity contribution in [1.82, 2.24) is 34.7 Å². The van der Waals surface area contributed by atoms with Crippen molar-refractivity contribution in [2.75, 3.05) is 18.0 Å². The molecule has 10 heteroatoms. The fraction of sp³-hybridized carbons (Fsp3) is 0.286. The minimum absolute atomic E-state index is 0.000894. The highest BCUT2D eigenvalue weighted by Gasteiger charge is 2.25. The van der Waals surface area contributed by atoms with Crippen LogP contribution in [0.5, 0.6) is 0 Å². The van der Waals surface area contributed by atoms with Gasteiger partial charge in [-0.25, -0.2) is 9.37 Å². The Bertz CT molecular complexity index is 1200. The molecule has 9 nitrogen and oxygen atoms in total. The number of imidazole rings is 1. The fourth-order valence-corrected chi connectivity index (χ4v) is 3.86. The Balaban J connectivity index is 1.15. The average Bonchev–Trinajstić information content (AvgIpc) is 3.49. The predicted octanol–water partition coefficient (Wildman–Crippen LogP) is 1.98. The van der Waals surface area contributed by atoms with Gasteiger partial charge in [-0.1, -0.05) is 6.07 Å². The summed E-state index contributed by atoms with van der Waals surface area (Å²) < 4.78 is 17.6. The van der Waals surface area contributed by atoms with E-state index < -0.39 is 0 Å². The average molecular weight is 420 g/mol. The van der Waals surface area contributed by atoms with Crippen molar-refractivity contribution in [3.05, 3.63) is 66.8 Å². The van der Waals surface area contributed by atoms with E-state index in [0.717, 1.165) is 37.3 Å². The Morgan fingerprint density at radius 1 is 1.16 bits per heavy atom. The summed E-state index contributed by atoms with van der Waals surface area (Å²) in [5.74, 6) is 0.432. The number of amides is 1. The summed E-state index contributed by atoms with van der Waals surface area (Å²) in [4.78, 5) is 18.7. The molecule has 0 spiro atoms. The second kappa shape index (κ2) is 8.13. The van der Waals surface area contributed by atoms with E-state index in [4.69, 9.17) is 0 Å². The van der Waals surface area contributed by atoms with Crippen molar-refractivity contribution in [3.8, 4) is 5.69 Å². The Morgan fingerprint density at radius 3 is 2.81 bits per heavy atom. The van der Waals surface area contributed by atoms with Crippen LogP contribution < -0.4 is 10.2 Å². The number of carbonyl (C=O) groups excluding carboxylic acids is 1. The highest BCUT2D eigenvalue weighted by atomic mass is 19.1. The lowest BCUT2D eigenvalue weighted by atomic mass is 9.96. The molecule has 1 saturated heterocycles. The standard InChI is InChI=1S/C21H21FN8O/c22-17-11-15(1-2-18(17)29-10-7-23-13-29)12-24-21(31)16-5-8-28(9-6-16)20-4-3-19-26-25-14-30(19)27-20/h1-4,7,10-11,13-14,16H,5-6,8-9,12H2,(H,24,31). The zero-order chi connectivity index (χ0) is 21.2. The Labute approximate surface area is 177 Å². The third kappa shape index (κ3) is 3.96. The van der Waals surface area contributed by atoms with Crippen LogP contribution in [0.3, 0.4) is 0 Å². The normalized spacial score (nSPS) is 14.8. The molecule has 1 amide bonds. The first-order valence-corrected chi connectivity index (χ1v) is 10.1. The second-order valence-electron chi connectivity index (χ2n) is 7.56. The highest BCUT2D eigenvalue weighted by Crippen LogP contribution is 2.22. The van der Waals surface area contributed by atoms with Gasteiger partial charge in [0.1, 0.15) is 18.0 Å². The number of carbonyl (C=O) groups is 1. The largest absolute Gasteiger partial charge is 0.355 e. The van der Waals surface area contributed by atoms with E-state index in [1.54, 1.807) is 40.2 Å². The molecule has 0 aliphatic carbocycles. The lowest BCUT2D eigenvalue weighted by Crippen LogP contribution is -2.40. The van der Waals surface area contributed by atoms with Crippen LogP contribution in [0.4, 0.5) is 10.2 Å². The van der Waals surface area contributed by atoms with E-state index in [1.807, 2.05) is 18.2 Å². The summed E-state index contributed by atoms with van der Waals surface area (Å²) in [6, 6.07) is 8.76. The van der Waals surface area contributed by atoms with Crippen LogP contribution in [0, 0.1) is 11.7 Å². The first-order valence-electron chi connectivity index (χ1n) is 10.1. The zero-order valence-corrected chi connectivity index (χ0v) is 16.7. The maximum Gasteiger partial charge on any atom is 0.223 e. The lowest BCUT2D eigenvalue weighted by Gasteiger charge is -2.32. The van der Waals surface area contributed by atoms with E-state index in [9.17, 15) is 9.18 Å². The van der Waals surface area contributed by atoms with Gasteiger partial charge in [0.05, 0.1) is 12.0 Å². The number of nitrogens with one attached hydrogen (secondary N) is 1. The second-order valence-corrected chi connectivity index (χ2v) is 7.56. The monoisotopic (exact) mass is 420 g/mol. The molecule has 5 rings (SSSR count). The molecule has 1 N–H and O–H groups in total. The summed E-state index contributed by atoms with van der Waals surface area (Å²) >= 11 is 0. The molecular weight excluding hydrogens is 399 g/mol. The molecule has 4 aromatic rings. The molecule has 1 aromatic carbocycles. The lowest BCUT2D eigenvalue weighted by molar-refractivity contribution is -0.125. The molecule has 3 aromatic heterocycles. The summed E-state index contributed by atoms with van der Waals surface area (Å²) in [5.41, 5.74) is 1.85. The highest BCUT2D eigenvalue weighted by molar-refractivity contribution is 5.79. The number of benzene rings is 1. The summed E-state index contributed by atoms with van der Waals surface area (Å²) in [5, 5.41) is 15.3. The van der Waals surface area contributed by atoms with E-state index in [2.05, 4.69) is 30.5 Å². The molecule has 4 heterocycles. The first kappa shape index (κ1) is 19.2. The summed E-state index contributed by atoms with van der Waals surface area (Å²) in [6.07, 6.45) is 7.88. The quantitative estimate of drug-likeness (QED) is 0.531. The topological polar surface area (TPSA) is 93.2 Å². The molecule has 1 aliphatic rings. The number of rotatable bonds is 5. The fourth-order valence-electron chi connectivity index (χ4n) is 3.86. The number of hydrogen-bond donors (Lipinski definition) is 1. The Hall–Kier alpha value is -3.82. The van der Waals surface area contributed by atoms with Crippen LogP contribution in [-0.2, 0) is 11.3 Å². The van der Waals surface area contributed by atoms with Crippen molar-refractivity contribution in [3.63, 3.8) is 0 Å². The number of piperidine rings is 1. The molecule has 0 unspecified atom stereocenters. The minimum atomic E-state index is -0.351. The number of aromatic nitrogens is 6. The molecule has 0 bridgehead atoms. The van der Waals surface area contributed by atoms with Gasteiger partial charge in [0, 0.05) is 37.9 Å². The van der Waals surface area contributed by atoms with Gasteiger partial charge in [0.2, 0.25) is 5.91 Å². The smallest absolute Gasteiger partial charge is 0.223 e.